The number of hydrogen-bond acceptors (Lipinski definition) is 4. The van der Waals surface area contributed by atoms with Gasteiger partial charge in [0, 0.05) is 11.6 Å². The quantitative estimate of drug-likeness (QED) is 0.630. The zero-order chi connectivity index (χ0) is 12.4. The van der Waals surface area contributed by atoms with Crippen molar-refractivity contribution in [3.8, 4) is 0 Å². The highest BCUT2D eigenvalue weighted by molar-refractivity contribution is 7.21. The molecule has 0 unspecified atom stereocenters. The molecule has 17 heavy (non-hydrogen) atoms. The number of carbonyl (C=O) groups excluding carboxylic acids is 1. The predicted octanol–water partition coefficient (Wildman–Crippen LogP) is 3.69. The molecule has 0 spiro atoms. The first-order valence-electron chi connectivity index (χ1n) is 5.41. The topological polar surface area (TPSA) is 39.2 Å². The van der Waals surface area contributed by atoms with Gasteiger partial charge in [0.2, 0.25) is 0 Å². The Kier molecular flexibility index (Phi) is 3.64. The molecule has 0 aliphatic carbocycles. The lowest BCUT2D eigenvalue weighted by Gasteiger charge is -2.01. The van der Waals surface area contributed by atoms with Crippen molar-refractivity contribution in [1.29, 1.82) is 0 Å². The molecule has 0 fully saturated rings. The normalized spacial score (nSPS) is 10.8. The molecular formula is C12H12ClNO2S. The average Bonchev–Trinajstić information content (AvgIpc) is 2.67. The van der Waals surface area contributed by atoms with Gasteiger partial charge in [-0.1, -0.05) is 18.5 Å². The van der Waals surface area contributed by atoms with Crippen LogP contribution in [0.3, 0.4) is 0 Å². The number of rotatable bonds is 3. The van der Waals surface area contributed by atoms with E-state index in [0.29, 0.717) is 16.6 Å². The Labute approximate surface area is 108 Å². The molecule has 0 N–H and O–H groups in total. The van der Waals surface area contributed by atoms with E-state index in [1.807, 2.05) is 6.92 Å². The first-order valence-corrected chi connectivity index (χ1v) is 6.60. The highest BCUT2D eigenvalue weighted by Gasteiger charge is 2.18. The number of halogens is 1. The maximum Gasteiger partial charge on any atom is 0.348 e. The third-order valence-corrected chi connectivity index (χ3v) is 3.83. The summed E-state index contributed by atoms with van der Waals surface area (Å²) in [6, 6.07) is 1.80. The molecule has 3 nitrogen and oxygen atoms in total. The van der Waals surface area contributed by atoms with Crippen molar-refractivity contribution in [3.63, 3.8) is 0 Å². The van der Waals surface area contributed by atoms with Crippen molar-refractivity contribution in [1.82, 2.24) is 4.98 Å². The molecule has 2 aromatic rings. The molecule has 5 heteroatoms. The molecule has 0 atom stereocenters. The smallest absolute Gasteiger partial charge is 0.348 e. The number of thiophene rings is 1. The van der Waals surface area contributed by atoms with E-state index in [1.165, 1.54) is 11.3 Å². The molecule has 0 saturated carbocycles. The lowest BCUT2D eigenvalue weighted by atomic mass is 10.1. The summed E-state index contributed by atoms with van der Waals surface area (Å²) in [5.74, 6) is -0.262. The van der Waals surface area contributed by atoms with E-state index in [9.17, 15) is 4.79 Å². The van der Waals surface area contributed by atoms with Crippen LogP contribution in [-0.4, -0.2) is 17.6 Å². The van der Waals surface area contributed by atoms with E-state index >= 15 is 0 Å². The standard InChI is InChI=1S/C12H12ClNO2S/c1-3-7-8-5-10(13)14-6-9(8)17-11(7)12(15)16-4-2/h5-6H,3-4H2,1-2H3. The van der Waals surface area contributed by atoms with Gasteiger partial charge in [-0.2, -0.15) is 0 Å². The third-order valence-electron chi connectivity index (χ3n) is 2.46. The number of hydrogen-bond donors (Lipinski definition) is 0. The van der Waals surface area contributed by atoms with E-state index in [2.05, 4.69) is 4.98 Å². The van der Waals surface area contributed by atoms with Crippen LogP contribution in [0.2, 0.25) is 5.15 Å². The van der Waals surface area contributed by atoms with E-state index < -0.39 is 0 Å². The molecule has 0 aromatic carbocycles. The third kappa shape index (κ3) is 2.28. The zero-order valence-electron chi connectivity index (χ0n) is 9.62. The van der Waals surface area contributed by atoms with Crippen LogP contribution >= 0.6 is 22.9 Å². The monoisotopic (exact) mass is 269 g/mol. The number of aryl methyl sites for hydroxylation is 1. The van der Waals surface area contributed by atoms with Crippen LogP contribution in [0.25, 0.3) is 10.1 Å². The summed E-state index contributed by atoms with van der Waals surface area (Å²) < 4.78 is 6.02. The minimum Gasteiger partial charge on any atom is -0.462 e. The van der Waals surface area contributed by atoms with Crippen LogP contribution in [0.4, 0.5) is 0 Å². The Balaban J connectivity index is 2.60. The Hall–Kier alpha value is -1.13. The van der Waals surface area contributed by atoms with E-state index in [1.54, 1.807) is 19.2 Å². The Morgan fingerprint density at radius 3 is 2.94 bits per heavy atom. The minimum absolute atomic E-state index is 0.262. The molecular weight excluding hydrogens is 258 g/mol. The summed E-state index contributed by atoms with van der Waals surface area (Å²) in [6.45, 7) is 4.20. The van der Waals surface area contributed by atoms with Gasteiger partial charge >= 0.3 is 5.97 Å². The maximum atomic E-state index is 11.8. The molecule has 0 aliphatic rings. The predicted molar refractivity (Wildman–Crippen MR) is 70.0 cm³/mol. The molecule has 0 radical (unpaired) electrons. The van der Waals surface area contributed by atoms with Crippen molar-refractivity contribution in [3.05, 3.63) is 27.9 Å². The Morgan fingerprint density at radius 2 is 2.29 bits per heavy atom. The minimum atomic E-state index is -0.262. The number of ether oxygens (including phenoxy) is 1. The van der Waals surface area contributed by atoms with Crippen LogP contribution in [0.5, 0.6) is 0 Å². The first-order chi connectivity index (χ1) is 8.17. The van der Waals surface area contributed by atoms with Gasteiger partial charge in [-0.05, 0) is 25.0 Å². The van der Waals surface area contributed by atoms with Gasteiger partial charge in [-0.3, -0.25) is 0 Å². The highest BCUT2D eigenvalue weighted by atomic mass is 35.5. The molecule has 2 heterocycles. The van der Waals surface area contributed by atoms with Crippen LogP contribution in [0.1, 0.15) is 29.1 Å². The Bertz CT molecular complexity index is 565. The van der Waals surface area contributed by atoms with E-state index in [0.717, 1.165) is 22.1 Å². The van der Waals surface area contributed by atoms with Crippen LogP contribution in [0.15, 0.2) is 12.3 Å². The SMILES string of the molecule is CCOC(=O)c1sc2cnc(Cl)cc2c1CC. The molecule has 0 bridgehead atoms. The second kappa shape index (κ2) is 5.02. The number of carbonyl (C=O) groups is 1. The number of pyridine rings is 1. The highest BCUT2D eigenvalue weighted by Crippen LogP contribution is 2.33. The van der Waals surface area contributed by atoms with Crippen LogP contribution in [-0.2, 0) is 11.2 Å². The van der Waals surface area contributed by atoms with Crippen molar-refractivity contribution < 1.29 is 9.53 Å². The van der Waals surface area contributed by atoms with Gasteiger partial charge in [0.25, 0.3) is 0 Å². The van der Waals surface area contributed by atoms with Gasteiger partial charge in [-0.15, -0.1) is 11.3 Å². The fourth-order valence-electron chi connectivity index (χ4n) is 1.74. The van der Waals surface area contributed by atoms with Gasteiger partial charge in [0.05, 0.1) is 11.3 Å². The number of nitrogens with zero attached hydrogens (tertiary/aromatic N) is 1. The summed E-state index contributed by atoms with van der Waals surface area (Å²) in [5.41, 5.74) is 0.993. The molecule has 2 aromatic heterocycles. The van der Waals surface area contributed by atoms with E-state index in [-0.39, 0.29) is 5.97 Å². The summed E-state index contributed by atoms with van der Waals surface area (Å²) >= 11 is 7.28. The summed E-state index contributed by atoms with van der Waals surface area (Å²) in [6.07, 6.45) is 2.47. The molecule has 0 aliphatic heterocycles. The lowest BCUT2D eigenvalue weighted by Crippen LogP contribution is -2.04. The van der Waals surface area contributed by atoms with Gasteiger partial charge in [-0.25, -0.2) is 9.78 Å². The molecule has 0 amide bonds. The zero-order valence-corrected chi connectivity index (χ0v) is 11.2. The Morgan fingerprint density at radius 1 is 1.53 bits per heavy atom. The van der Waals surface area contributed by atoms with Gasteiger partial charge in [0.15, 0.2) is 0 Å². The largest absolute Gasteiger partial charge is 0.462 e. The average molecular weight is 270 g/mol. The van der Waals surface area contributed by atoms with Crippen molar-refractivity contribution in [2.45, 2.75) is 20.3 Å². The van der Waals surface area contributed by atoms with Gasteiger partial charge < -0.3 is 4.74 Å². The molecule has 2 rings (SSSR count). The second-order valence-electron chi connectivity index (χ2n) is 3.49. The number of fused-ring (bicyclic) bond motifs is 1. The fourth-order valence-corrected chi connectivity index (χ4v) is 3.04. The second-order valence-corrected chi connectivity index (χ2v) is 4.93. The van der Waals surface area contributed by atoms with Crippen LogP contribution < -0.4 is 0 Å². The molecule has 0 saturated heterocycles. The number of esters is 1. The first kappa shape index (κ1) is 12.3. The lowest BCUT2D eigenvalue weighted by molar-refractivity contribution is 0.0531. The van der Waals surface area contributed by atoms with Crippen molar-refractivity contribution in [2.75, 3.05) is 6.61 Å². The van der Waals surface area contributed by atoms with Gasteiger partial charge in [0.1, 0.15) is 10.0 Å². The number of aromatic nitrogens is 1. The fraction of sp³-hybridized carbons (Fsp3) is 0.333. The van der Waals surface area contributed by atoms with Crippen LogP contribution in [0, 0.1) is 0 Å². The summed E-state index contributed by atoms with van der Waals surface area (Å²) in [4.78, 5) is 16.5. The maximum absolute atomic E-state index is 11.8. The summed E-state index contributed by atoms with van der Waals surface area (Å²) in [5, 5.41) is 1.45. The van der Waals surface area contributed by atoms with Crippen molar-refractivity contribution >= 4 is 39.0 Å². The van der Waals surface area contributed by atoms with E-state index in [4.69, 9.17) is 16.3 Å². The van der Waals surface area contributed by atoms with Crippen molar-refractivity contribution in [2.24, 2.45) is 0 Å². The summed E-state index contributed by atoms with van der Waals surface area (Å²) in [7, 11) is 0. The molecule has 90 valence electrons.